The number of nitro groups is 1. The van der Waals surface area contributed by atoms with Gasteiger partial charge in [0.15, 0.2) is 11.0 Å². The van der Waals surface area contributed by atoms with Gasteiger partial charge in [0, 0.05) is 24.7 Å². The molecule has 1 heterocycles. The molecule has 9 heteroatoms. The zero-order valence-electron chi connectivity index (χ0n) is 11.3. The van der Waals surface area contributed by atoms with Crippen LogP contribution in [-0.2, 0) is 11.8 Å². The first kappa shape index (κ1) is 15.0. The van der Waals surface area contributed by atoms with Gasteiger partial charge in [-0.15, -0.1) is 0 Å². The molecule has 2 aromatic rings. The lowest BCUT2D eigenvalue weighted by Crippen LogP contribution is -2.00. The number of hydrogen-bond donors (Lipinski definition) is 1. The topological polar surface area (TPSA) is 111 Å². The number of aliphatic carboxylic acids is 1. The Hall–Kier alpha value is -2.42. The Morgan fingerprint density at radius 2 is 2.24 bits per heavy atom. The average Bonchev–Trinajstić information content (AvgIpc) is 2.77. The number of aryl methyl sites for hydroxylation is 2. The number of benzene rings is 1. The van der Waals surface area contributed by atoms with Crippen molar-refractivity contribution in [2.24, 2.45) is 7.05 Å². The molecule has 1 N–H and O–H groups in total. The van der Waals surface area contributed by atoms with Crippen molar-refractivity contribution in [1.82, 2.24) is 14.8 Å². The zero-order valence-corrected chi connectivity index (χ0v) is 12.1. The highest BCUT2D eigenvalue weighted by atomic mass is 32.2. The molecule has 0 fully saturated rings. The smallest absolute Gasteiger partial charge is 0.313 e. The van der Waals surface area contributed by atoms with Gasteiger partial charge in [0.05, 0.1) is 10.7 Å². The van der Waals surface area contributed by atoms with Crippen molar-refractivity contribution in [3.05, 3.63) is 33.9 Å². The molecule has 0 aliphatic carbocycles. The highest BCUT2D eigenvalue weighted by molar-refractivity contribution is 7.99. The van der Waals surface area contributed by atoms with Gasteiger partial charge in [-0.2, -0.15) is 5.10 Å². The summed E-state index contributed by atoms with van der Waals surface area (Å²) in [5.41, 5.74) is 1.32. The summed E-state index contributed by atoms with van der Waals surface area (Å²) in [5, 5.41) is 24.1. The molecule has 0 saturated carbocycles. The second-order valence-electron chi connectivity index (χ2n) is 4.28. The second-order valence-corrected chi connectivity index (χ2v) is 5.22. The number of rotatable bonds is 5. The largest absolute Gasteiger partial charge is 0.481 e. The summed E-state index contributed by atoms with van der Waals surface area (Å²) >= 11 is 1.04. The molecule has 0 aliphatic heterocycles. The van der Waals surface area contributed by atoms with E-state index < -0.39 is 10.9 Å². The van der Waals surface area contributed by atoms with Crippen molar-refractivity contribution in [3.8, 4) is 11.4 Å². The van der Waals surface area contributed by atoms with Gasteiger partial charge < -0.3 is 5.11 Å². The normalized spacial score (nSPS) is 10.6. The van der Waals surface area contributed by atoms with E-state index in [0.29, 0.717) is 16.5 Å². The molecule has 0 spiro atoms. The number of non-ortho nitro benzene ring substituents is 1. The van der Waals surface area contributed by atoms with E-state index in [1.165, 1.54) is 16.8 Å². The van der Waals surface area contributed by atoms with Crippen LogP contribution in [-0.4, -0.2) is 36.5 Å². The third-order valence-electron chi connectivity index (χ3n) is 2.72. The molecule has 0 amide bonds. The third kappa shape index (κ3) is 3.37. The van der Waals surface area contributed by atoms with Crippen LogP contribution in [0.5, 0.6) is 0 Å². The minimum atomic E-state index is -0.948. The monoisotopic (exact) mass is 308 g/mol. The molecule has 0 unspecified atom stereocenters. The van der Waals surface area contributed by atoms with E-state index >= 15 is 0 Å². The van der Waals surface area contributed by atoms with Crippen LogP contribution in [0.15, 0.2) is 23.4 Å². The van der Waals surface area contributed by atoms with Gasteiger partial charge in [-0.25, -0.2) is 9.67 Å². The number of nitro benzene ring substituents is 1. The predicted octanol–water partition coefficient (Wildman–Crippen LogP) is 1.88. The molecule has 0 aliphatic rings. The van der Waals surface area contributed by atoms with Gasteiger partial charge in [-0.3, -0.25) is 14.9 Å². The van der Waals surface area contributed by atoms with Crippen LogP contribution in [0, 0.1) is 17.0 Å². The summed E-state index contributed by atoms with van der Waals surface area (Å²) in [4.78, 5) is 25.2. The second kappa shape index (κ2) is 5.92. The SMILES string of the molecule is Cc1ccc([N+](=O)[O-])cc1-c1nc(SCC(=O)O)n(C)n1. The van der Waals surface area contributed by atoms with E-state index in [-0.39, 0.29) is 11.4 Å². The maximum absolute atomic E-state index is 10.8. The molecular formula is C12H12N4O4S. The minimum absolute atomic E-state index is 0.0391. The maximum atomic E-state index is 10.8. The Balaban J connectivity index is 2.38. The van der Waals surface area contributed by atoms with Crippen molar-refractivity contribution in [3.63, 3.8) is 0 Å². The van der Waals surface area contributed by atoms with Crippen LogP contribution < -0.4 is 0 Å². The van der Waals surface area contributed by atoms with E-state index in [9.17, 15) is 14.9 Å². The van der Waals surface area contributed by atoms with Crippen molar-refractivity contribution >= 4 is 23.4 Å². The molecule has 0 radical (unpaired) electrons. The third-order valence-corrected chi connectivity index (χ3v) is 3.73. The van der Waals surface area contributed by atoms with Crippen molar-refractivity contribution in [1.29, 1.82) is 0 Å². The van der Waals surface area contributed by atoms with E-state index in [4.69, 9.17) is 5.11 Å². The Bertz CT molecular complexity index is 713. The number of carbonyl (C=O) groups is 1. The van der Waals surface area contributed by atoms with E-state index in [1.807, 2.05) is 0 Å². The summed E-state index contributed by atoms with van der Waals surface area (Å²) in [5.74, 6) is -0.734. The van der Waals surface area contributed by atoms with Crippen LogP contribution in [0.4, 0.5) is 5.69 Å². The maximum Gasteiger partial charge on any atom is 0.313 e. The number of hydrogen-bond acceptors (Lipinski definition) is 6. The summed E-state index contributed by atoms with van der Waals surface area (Å²) in [6.07, 6.45) is 0. The highest BCUT2D eigenvalue weighted by Crippen LogP contribution is 2.27. The van der Waals surface area contributed by atoms with Crippen LogP contribution >= 0.6 is 11.8 Å². The van der Waals surface area contributed by atoms with E-state index in [1.54, 1.807) is 20.0 Å². The Kier molecular flexibility index (Phi) is 4.22. The molecule has 1 aromatic carbocycles. The molecule has 21 heavy (non-hydrogen) atoms. The Morgan fingerprint density at radius 1 is 1.52 bits per heavy atom. The molecule has 2 rings (SSSR count). The van der Waals surface area contributed by atoms with Gasteiger partial charge in [0.2, 0.25) is 0 Å². The van der Waals surface area contributed by atoms with Crippen LogP contribution in [0.3, 0.4) is 0 Å². The molecule has 8 nitrogen and oxygen atoms in total. The number of carboxylic acid groups (broad SMARTS) is 1. The molecule has 110 valence electrons. The first-order valence-corrected chi connectivity index (χ1v) is 6.88. The minimum Gasteiger partial charge on any atom is -0.481 e. The van der Waals surface area contributed by atoms with Gasteiger partial charge in [0.25, 0.3) is 5.69 Å². The fraction of sp³-hybridized carbons (Fsp3) is 0.250. The fourth-order valence-corrected chi connectivity index (χ4v) is 2.33. The van der Waals surface area contributed by atoms with Gasteiger partial charge in [-0.1, -0.05) is 17.8 Å². The van der Waals surface area contributed by atoms with Gasteiger partial charge in [-0.05, 0) is 12.5 Å². The van der Waals surface area contributed by atoms with Gasteiger partial charge >= 0.3 is 5.97 Å². The lowest BCUT2D eigenvalue weighted by molar-refractivity contribution is -0.384. The summed E-state index contributed by atoms with van der Waals surface area (Å²) in [7, 11) is 1.65. The number of aromatic nitrogens is 3. The molecular weight excluding hydrogens is 296 g/mol. The fourth-order valence-electron chi connectivity index (χ4n) is 1.70. The van der Waals surface area contributed by atoms with Crippen molar-refractivity contribution in [2.45, 2.75) is 12.1 Å². The summed E-state index contributed by atoms with van der Waals surface area (Å²) < 4.78 is 1.46. The van der Waals surface area contributed by atoms with E-state index in [2.05, 4.69) is 10.1 Å². The Labute approximate surface area is 124 Å². The first-order chi connectivity index (χ1) is 9.88. The van der Waals surface area contributed by atoms with E-state index in [0.717, 1.165) is 17.3 Å². The molecule has 1 aromatic heterocycles. The van der Waals surface area contributed by atoms with Crippen LogP contribution in [0.25, 0.3) is 11.4 Å². The predicted molar refractivity (Wildman–Crippen MR) is 76.2 cm³/mol. The zero-order chi connectivity index (χ0) is 15.6. The standard InChI is InChI=1S/C12H12N4O4S/c1-7-3-4-8(16(19)20)5-9(7)11-13-12(15(2)14-11)21-6-10(17)18/h3-5H,6H2,1-2H3,(H,17,18). The van der Waals surface area contributed by atoms with Crippen molar-refractivity contribution < 1.29 is 14.8 Å². The number of thioether (sulfide) groups is 1. The van der Waals surface area contributed by atoms with Crippen LogP contribution in [0.2, 0.25) is 0 Å². The first-order valence-electron chi connectivity index (χ1n) is 5.89. The van der Waals surface area contributed by atoms with Crippen LogP contribution in [0.1, 0.15) is 5.56 Å². The highest BCUT2D eigenvalue weighted by Gasteiger charge is 2.16. The molecule has 0 saturated heterocycles. The summed E-state index contributed by atoms with van der Waals surface area (Å²) in [6, 6.07) is 4.46. The lowest BCUT2D eigenvalue weighted by atomic mass is 10.1. The van der Waals surface area contributed by atoms with Crippen molar-refractivity contribution in [2.75, 3.05) is 5.75 Å². The van der Waals surface area contributed by atoms with Gasteiger partial charge in [0.1, 0.15) is 0 Å². The summed E-state index contributed by atoms with van der Waals surface area (Å²) in [6.45, 7) is 1.81. The average molecular weight is 308 g/mol. The quantitative estimate of drug-likeness (QED) is 0.510. The lowest BCUT2D eigenvalue weighted by Gasteiger charge is -2.00. The number of nitrogens with zero attached hydrogens (tertiary/aromatic N) is 4. The Morgan fingerprint density at radius 3 is 2.86 bits per heavy atom. The molecule has 0 bridgehead atoms. The molecule has 0 atom stereocenters. The number of carboxylic acids is 1.